The Morgan fingerprint density at radius 2 is 2.04 bits per heavy atom. The smallest absolute Gasteiger partial charge is 0.123 e. The monoisotopic (exact) mass is 304 g/mol. The van der Waals surface area contributed by atoms with Crippen LogP contribution >= 0.6 is 0 Å². The lowest BCUT2D eigenvalue weighted by Crippen LogP contribution is -2.33. The van der Waals surface area contributed by atoms with Gasteiger partial charge in [-0.1, -0.05) is 29.8 Å². The summed E-state index contributed by atoms with van der Waals surface area (Å²) >= 11 is 0. The maximum absolute atomic E-state index is 4.66. The second-order valence-corrected chi connectivity index (χ2v) is 6.15. The van der Waals surface area contributed by atoms with Crippen molar-refractivity contribution in [3.8, 4) is 11.3 Å². The molecule has 0 aliphatic carbocycles. The fourth-order valence-electron chi connectivity index (χ4n) is 3.23. The summed E-state index contributed by atoms with van der Waals surface area (Å²) in [5.74, 6) is 1.15. The van der Waals surface area contributed by atoms with E-state index in [0.29, 0.717) is 0 Å². The molecule has 1 aliphatic rings. The number of aromatic nitrogens is 3. The van der Waals surface area contributed by atoms with E-state index in [-0.39, 0.29) is 0 Å². The first-order chi connectivity index (χ1) is 11.3. The molecule has 0 bridgehead atoms. The summed E-state index contributed by atoms with van der Waals surface area (Å²) in [5, 5.41) is 0. The van der Waals surface area contributed by atoms with Gasteiger partial charge in [0.15, 0.2) is 0 Å². The molecule has 2 aromatic heterocycles. The largest absolute Gasteiger partial charge is 0.326 e. The van der Waals surface area contributed by atoms with Crippen LogP contribution in [0.15, 0.2) is 55.0 Å². The van der Waals surface area contributed by atoms with Crippen molar-refractivity contribution in [2.24, 2.45) is 0 Å². The molecule has 0 N–H and O–H groups in total. The minimum absolute atomic E-state index is 0.890. The molecule has 3 heterocycles. The Kier molecular flexibility index (Phi) is 3.67. The quantitative estimate of drug-likeness (QED) is 0.745. The van der Waals surface area contributed by atoms with E-state index in [0.717, 1.165) is 32.0 Å². The van der Waals surface area contributed by atoms with Crippen molar-refractivity contribution in [2.75, 3.05) is 6.54 Å². The lowest BCUT2D eigenvalue weighted by molar-refractivity contribution is 0.209. The Balaban J connectivity index is 1.55. The van der Waals surface area contributed by atoms with E-state index in [2.05, 4.69) is 56.7 Å². The molecular formula is C19H20N4. The van der Waals surface area contributed by atoms with Gasteiger partial charge in [-0.2, -0.15) is 0 Å². The fourth-order valence-corrected chi connectivity index (χ4v) is 3.23. The lowest BCUT2D eigenvalue weighted by atomic mass is 10.1. The Labute approximate surface area is 136 Å². The summed E-state index contributed by atoms with van der Waals surface area (Å²) in [4.78, 5) is 11.3. The normalized spacial score (nSPS) is 14.7. The first-order valence-electron chi connectivity index (χ1n) is 8.02. The maximum atomic E-state index is 4.66. The van der Waals surface area contributed by atoms with Crippen LogP contribution in [0.1, 0.15) is 17.0 Å². The van der Waals surface area contributed by atoms with Gasteiger partial charge in [-0.05, 0) is 24.6 Å². The summed E-state index contributed by atoms with van der Waals surface area (Å²) in [7, 11) is 0. The topological polar surface area (TPSA) is 34.0 Å². The van der Waals surface area contributed by atoms with Crippen molar-refractivity contribution in [3.05, 3.63) is 71.9 Å². The number of nitrogens with zero attached hydrogens (tertiary/aromatic N) is 4. The molecule has 0 spiro atoms. The summed E-state index contributed by atoms with van der Waals surface area (Å²) < 4.78 is 2.36. The van der Waals surface area contributed by atoms with Crippen LogP contribution in [0.5, 0.6) is 0 Å². The number of hydrogen-bond acceptors (Lipinski definition) is 3. The van der Waals surface area contributed by atoms with Crippen LogP contribution < -0.4 is 0 Å². The molecule has 1 aromatic carbocycles. The highest BCUT2D eigenvalue weighted by Crippen LogP contribution is 2.25. The maximum Gasteiger partial charge on any atom is 0.123 e. The average Bonchev–Trinajstić information content (AvgIpc) is 2.99. The molecule has 0 radical (unpaired) electrons. The summed E-state index contributed by atoms with van der Waals surface area (Å²) in [5.41, 5.74) is 5.02. The average molecular weight is 304 g/mol. The van der Waals surface area contributed by atoms with Crippen LogP contribution in [0, 0.1) is 6.92 Å². The molecule has 0 saturated carbocycles. The molecule has 0 unspecified atom stereocenters. The van der Waals surface area contributed by atoms with Crippen molar-refractivity contribution in [1.29, 1.82) is 0 Å². The molecule has 4 rings (SSSR count). The highest BCUT2D eigenvalue weighted by atomic mass is 15.2. The predicted molar refractivity (Wildman–Crippen MR) is 90.8 cm³/mol. The lowest BCUT2D eigenvalue weighted by Gasteiger charge is -2.28. The number of pyridine rings is 1. The fraction of sp³-hybridized carbons (Fsp3) is 0.263. The van der Waals surface area contributed by atoms with Crippen molar-refractivity contribution < 1.29 is 0 Å². The molecule has 4 nitrogen and oxygen atoms in total. The Hall–Kier alpha value is -2.46. The van der Waals surface area contributed by atoms with E-state index < -0.39 is 0 Å². The highest BCUT2D eigenvalue weighted by molar-refractivity contribution is 5.60. The number of imidazole rings is 1. The first kappa shape index (κ1) is 14.2. The Morgan fingerprint density at radius 3 is 2.87 bits per heavy atom. The molecule has 1 aliphatic heterocycles. The van der Waals surface area contributed by atoms with Gasteiger partial charge in [0.1, 0.15) is 5.82 Å². The Bertz CT molecular complexity index is 807. The SMILES string of the molecule is Cc1cccc(-c2cnc3n2CCN(Cc2cccnc2)C3)c1. The van der Waals surface area contributed by atoms with Gasteiger partial charge in [0, 0.05) is 37.6 Å². The molecular weight excluding hydrogens is 284 g/mol. The predicted octanol–water partition coefficient (Wildman–Crippen LogP) is 3.27. The third-order valence-electron chi connectivity index (χ3n) is 4.39. The van der Waals surface area contributed by atoms with Gasteiger partial charge in [-0.25, -0.2) is 4.98 Å². The molecule has 116 valence electrons. The zero-order chi connectivity index (χ0) is 15.6. The van der Waals surface area contributed by atoms with Crippen LogP contribution in [0.4, 0.5) is 0 Å². The second kappa shape index (κ2) is 5.97. The van der Waals surface area contributed by atoms with Gasteiger partial charge in [0.05, 0.1) is 18.4 Å². The van der Waals surface area contributed by atoms with Crippen molar-refractivity contribution in [2.45, 2.75) is 26.6 Å². The van der Waals surface area contributed by atoms with Crippen molar-refractivity contribution >= 4 is 0 Å². The van der Waals surface area contributed by atoms with Crippen LogP contribution in [-0.2, 0) is 19.6 Å². The minimum Gasteiger partial charge on any atom is -0.326 e. The van der Waals surface area contributed by atoms with Crippen LogP contribution in [0.2, 0.25) is 0 Å². The van der Waals surface area contributed by atoms with Gasteiger partial charge < -0.3 is 4.57 Å². The Morgan fingerprint density at radius 1 is 1.09 bits per heavy atom. The molecule has 0 fully saturated rings. The van der Waals surface area contributed by atoms with E-state index in [1.807, 2.05) is 24.7 Å². The third-order valence-corrected chi connectivity index (χ3v) is 4.39. The second-order valence-electron chi connectivity index (χ2n) is 6.15. The zero-order valence-electron chi connectivity index (χ0n) is 13.3. The van der Waals surface area contributed by atoms with Gasteiger partial charge >= 0.3 is 0 Å². The number of hydrogen-bond donors (Lipinski definition) is 0. The molecule has 0 atom stereocenters. The van der Waals surface area contributed by atoms with E-state index in [1.165, 1.54) is 22.4 Å². The first-order valence-corrected chi connectivity index (χ1v) is 8.02. The molecule has 0 saturated heterocycles. The van der Waals surface area contributed by atoms with E-state index in [9.17, 15) is 0 Å². The van der Waals surface area contributed by atoms with E-state index in [4.69, 9.17) is 0 Å². The standard InChI is InChI=1S/C19H20N4/c1-15-4-2-6-17(10-15)18-12-21-19-14-22(8-9-23(18)19)13-16-5-3-7-20-11-16/h2-7,10-12H,8-9,13-14H2,1H3. The molecule has 4 heteroatoms. The number of fused-ring (bicyclic) bond motifs is 1. The van der Waals surface area contributed by atoms with Crippen LogP contribution in [0.3, 0.4) is 0 Å². The summed E-state index contributed by atoms with van der Waals surface area (Å²) in [6, 6.07) is 12.8. The molecule has 3 aromatic rings. The number of benzene rings is 1. The summed E-state index contributed by atoms with van der Waals surface area (Å²) in [6.45, 7) is 5.98. The number of aryl methyl sites for hydroxylation is 1. The summed E-state index contributed by atoms with van der Waals surface area (Å²) in [6.07, 6.45) is 5.78. The third kappa shape index (κ3) is 2.90. The van der Waals surface area contributed by atoms with Crippen LogP contribution in [0.25, 0.3) is 11.3 Å². The zero-order valence-corrected chi connectivity index (χ0v) is 13.3. The van der Waals surface area contributed by atoms with E-state index in [1.54, 1.807) is 0 Å². The minimum atomic E-state index is 0.890. The number of rotatable bonds is 3. The van der Waals surface area contributed by atoms with Gasteiger partial charge in [-0.15, -0.1) is 0 Å². The molecule has 23 heavy (non-hydrogen) atoms. The van der Waals surface area contributed by atoms with Gasteiger partial charge in [0.25, 0.3) is 0 Å². The van der Waals surface area contributed by atoms with Gasteiger partial charge in [-0.3, -0.25) is 9.88 Å². The van der Waals surface area contributed by atoms with Crippen molar-refractivity contribution in [1.82, 2.24) is 19.4 Å². The van der Waals surface area contributed by atoms with E-state index >= 15 is 0 Å². The van der Waals surface area contributed by atoms with Crippen molar-refractivity contribution in [3.63, 3.8) is 0 Å². The van der Waals surface area contributed by atoms with Crippen LogP contribution in [-0.4, -0.2) is 26.0 Å². The van der Waals surface area contributed by atoms with Gasteiger partial charge in [0.2, 0.25) is 0 Å². The highest BCUT2D eigenvalue weighted by Gasteiger charge is 2.20. The molecule has 0 amide bonds.